The Balaban J connectivity index is 3.10. The number of amides is 1. The zero-order valence-corrected chi connectivity index (χ0v) is 12.9. The van der Waals surface area contributed by atoms with Gasteiger partial charge >= 0.3 is 5.97 Å². The summed E-state index contributed by atoms with van der Waals surface area (Å²) < 4.78 is 4.67. The summed E-state index contributed by atoms with van der Waals surface area (Å²) in [5.74, 6) is -0.707. The molecule has 0 atom stereocenters. The maximum Gasteiger partial charge on any atom is 0.348 e. The molecule has 0 aromatic carbocycles. The Bertz CT molecular complexity index is 554. The van der Waals surface area contributed by atoms with Crippen LogP contribution in [0.1, 0.15) is 47.5 Å². The van der Waals surface area contributed by atoms with Crippen LogP contribution in [0.15, 0.2) is 0 Å². The van der Waals surface area contributed by atoms with Gasteiger partial charge < -0.3 is 10.1 Å². The van der Waals surface area contributed by atoms with Crippen LogP contribution < -0.4 is 5.32 Å². The summed E-state index contributed by atoms with van der Waals surface area (Å²) in [5.41, 5.74) is 0.874. The van der Waals surface area contributed by atoms with Crippen LogP contribution in [0.5, 0.6) is 0 Å². The highest BCUT2D eigenvalue weighted by Crippen LogP contribution is 2.33. The Kier molecular flexibility index (Phi) is 5.71. The minimum atomic E-state index is -0.493. The number of anilines is 1. The van der Waals surface area contributed by atoms with Crippen molar-refractivity contribution in [2.24, 2.45) is 5.92 Å². The summed E-state index contributed by atoms with van der Waals surface area (Å²) in [7, 11) is 1.29. The van der Waals surface area contributed by atoms with Gasteiger partial charge in [-0.3, -0.25) is 4.79 Å². The molecule has 1 rings (SSSR count). The van der Waals surface area contributed by atoms with Crippen molar-refractivity contribution < 1.29 is 14.3 Å². The van der Waals surface area contributed by atoms with Gasteiger partial charge in [0.15, 0.2) is 0 Å². The molecule has 0 spiro atoms. The van der Waals surface area contributed by atoms with E-state index >= 15 is 0 Å². The predicted octanol–water partition coefficient (Wildman–Crippen LogP) is 3.09. The van der Waals surface area contributed by atoms with E-state index in [0.717, 1.165) is 24.2 Å². The number of hydrogen-bond donors (Lipinski definition) is 1. The van der Waals surface area contributed by atoms with E-state index in [9.17, 15) is 14.9 Å². The fourth-order valence-electron chi connectivity index (χ4n) is 1.90. The Morgan fingerprint density at radius 1 is 1.40 bits per heavy atom. The van der Waals surface area contributed by atoms with Crippen molar-refractivity contribution >= 4 is 28.2 Å². The molecule has 1 aromatic rings. The van der Waals surface area contributed by atoms with Gasteiger partial charge in [-0.15, -0.1) is 11.3 Å². The van der Waals surface area contributed by atoms with Crippen molar-refractivity contribution in [3.05, 3.63) is 16.0 Å². The third kappa shape index (κ3) is 3.17. The largest absolute Gasteiger partial charge is 0.465 e. The van der Waals surface area contributed by atoms with Crippen molar-refractivity contribution in [3.8, 4) is 6.07 Å². The van der Waals surface area contributed by atoms with E-state index in [1.807, 2.05) is 19.9 Å². The number of nitrogens with one attached hydrogen (secondary N) is 1. The van der Waals surface area contributed by atoms with Gasteiger partial charge in [-0.1, -0.05) is 13.8 Å². The minimum Gasteiger partial charge on any atom is -0.465 e. The lowest BCUT2D eigenvalue weighted by atomic mass is 10.0. The molecule has 1 aromatic heterocycles. The summed E-state index contributed by atoms with van der Waals surface area (Å²) >= 11 is 1.08. The molecule has 108 valence electrons. The molecule has 0 bridgehead atoms. The Morgan fingerprint density at radius 3 is 2.45 bits per heavy atom. The molecule has 1 amide bonds. The molecule has 0 unspecified atom stereocenters. The summed E-state index contributed by atoms with van der Waals surface area (Å²) in [6.07, 6.45) is 1.47. The van der Waals surface area contributed by atoms with Gasteiger partial charge in [-0.05, 0) is 25.3 Å². The van der Waals surface area contributed by atoms with E-state index in [2.05, 4.69) is 10.1 Å². The van der Waals surface area contributed by atoms with Crippen molar-refractivity contribution in [2.45, 2.75) is 33.6 Å². The molecule has 0 fully saturated rings. The standard InChI is InChI=1S/C14H18N2O3S/c1-5-9(6-2)12(17)16-13-10(7-15)8(3)11(20-13)14(18)19-4/h9H,5-6H2,1-4H3,(H,16,17). The fourth-order valence-corrected chi connectivity index (χ4v) is 2.98. The third-order valence-electron chi connectivity index (χ3n) is 3.22. The first kappa shape index (κ1) is 16.2. The van der Waals surface area contributed by atoms with Gasteiger partial charge in [-0.25, -0.2) is 4.79 Å². The van der Waals surface area contributed by atoms with E-state index in [-0.39, 0.29) is 11.8 Å². The first-order valence-corrected chi connectivity index (χ1v) is 7.24. The zero-order chi connectivity index (χ0) is 15.3. The highest BCUT2D eigenvalue weighted by Gasteiger charge is 2.23. The maximum absolute atomic E-state index is 12.1. The molecule has 0 aliphatic carbocycles. The molecule has 0 saturated heterocycles. The predicted molar refractivity (Wildman–Crippen MR) is 77.8 cm³/mol. The summed E-state index contributed by atoms with van der Waals surface area (Å²) in [5, 5.41) is 12.4. The second kappa shape index (κ2) is 7.06. The third-order valence-corrected chi connectivity index (χ3v) is 4.41. The molecule has 5 nitrogen and oxygen atoms in total. The maximum atomic E-state index is 12.1. The Hall–Kier alpha value is -1.87. The monoisotopic (exact) mass is 294 g/mol. The summed E-state index contributed by atoms with van der Waals surface area (Å²) in [6, 6.07) is 2.03. The van der Waals surface area contributed by atoms with Crippen LogP contribution in [0.2, 0.25) is 0 Å². The topological polar surface area (TPSA) is 79.2 Å². The lowest BCUT2D eigenvalue weighted by Gasteiger charge is -2.11. The molecular formula is C14H18N2O3S. The van der Waals surface area contributed by atoms with Crippen molar-refractivity contribution in [3.63, 3.8) is 0 Å². The highest BCUT2D eigenvalue weighted by molar-refractivity contribution is 7.18. The van der Waals surface area contributed by atoms with Crippen molar-refractivity contribution in [1.82, 2.24) is 0 Å². The number of hydrogen-bond acceptors (Lipinski definition) is 5. The Labute approximate surface area is 122 Å². The zero-order valence-electron chi connectivity index (χ0n) is 12.1. The van der Waals surface area contributed by atoms with Crippen LogP contribution in [0.3, 0.4) is 0 Å². The molecule has 0 radical (unpaired) electrons. The first-order valence-electron chi connectivity index (χ1n) is 6.42. The highest BCUT2D eigenvalue weighted by atomic mass is 32.1. The van der Waals surface area contributed by atoms with Crippen LogP contribution in [0, 0.1) is 24.2 Å². The number of methoxy groups -OCH3 is 1. The van der Waals surface area contributed by atoms with E-state index in [1.165, 1.54) is 7.11 Å². The number of nitriles is 1. The Morgan fingerprint density at radius 2 is 2.00 bits per heavy atom. The van der Waals surface area contributed by atoms with E-state index in [4.69, 9.17) is 0 Å². The van der Waals surface area contributed by atoms with Crippen molar-refractivity contribution in [1.29, 1.82) is 5.26 Å². The summed E-state index contributed by atoms with van der Waals surface area (Å²) in [6.45, 7) is 5.56. The smallest absolute Gasteiger partial charge is 0.348 e. The number of carbonyl (C=O) groups is 2. The van der Waals surface area contributed by atoms with Crippen LogP contribution in [0.25, 0.3) is 0 Å². The number of thiophene rings is 1. The number of rotatable bonds is 5. The van der Waals surface area contributed by atoms with E-state index in [0.29, 0.717) is 21.0 Å². The van der Waals surface area contributed by atoms with Gasteiger partial charge in [0.2, 0.25) is 5.91 Å². The van der Waals surface area contributed by atoms with Crippen LogP contribution in [-0.2, 0) is 9.53 Å². The van der Waals surface area contributed by atoms with Gasteiger partial charge in [0.1, 0.15) is 15.9 Å². The molecule has 1 N–H and O–H groups in total. The van der Waals surface area contributed by atoms with Gasteiger partial charge in [-0.2, -0.15) is 5.26 Å². The lowest BCUT2D eigenvalue weighted by molar-refractivity contribution is -0.120. The van der Waals surface area contributed by atoms with Crippen LogP contribution in [0.4, 0.5) is 5.00 Å². The average molecular weight is 294 g/mol. The lowest BCUT2D eigenvalue weighted by Crippen LogP contribution is -2.21. The van der Waals surface area contributed by atoms with Gasteiger partial charge in [0, 0.05) is 5.92 Å². The molecule has 0 saturated carbocycles. The van der Waals surface area contributed by atoms with Crippen LogP contribution >= 0.6 is 11.3 Å². The SMILES string of the molecule is CCC(CC)C(=O)Nc1sc(C(=O)OC)c(C)c1C#N. The number of ether oxygens (including phenoxy) is 1. The number of carbonyl (C=O) groups excluding carboxylic acids is 2. The van der Waals surface area contributed by atoms with Gasteiger partial charge in [0.05, 0.1) is 12.7 Å². The second-order valence-electron chi connectivity index (χ2n) is 4.37. The van der Waals surface area contributed by atoms with Crippen molar-refractivity contribution in [2.75, 3.05) is 12.4 Å². The summed E-state index contributed by atoms with van der Waals surface area (Å²) in [4.78, 5) is 24.0. The van der Waals surface area contributed by atoms with Gasteiger partial charge in [0.25, 0.3) is 0 Å². The molecule has 0 aliphatic heterocycles. The molecule has 0 aliphatic rings. The molecule has 1 heterocycles. The minimum absolute atomic E-state index is 0.0921. The number of esters is 1. The molecule has 20 heavy (non-hydrogen) atoms. The molecular weight excluding hydrogens is 276 g/mol. The quantitative estimate of drug-likeness (QED) is 0.846. The fraction of sp³-hybridized carbons (Fsp3) is 0.500. The molecule has 6 heteroatoms. The normalized spacial score (nSPS) is 10.2. The van der Waals surface area contributed by atoms with E-state index in [1.54, 1.807) is 6.92 Å². The van der Waals surface area contributed by atoms with E-state index < -0.39 is 5.97 Å². The first-order chi connectivity index (χ1) is 9.49. The number of nitrogens with zero attached hydrogens (tertiary/aromatic N) is 1. The van der Waals surface area contributed by atoms with Crippen LogP contribution in [-0.4, -0.2) is 19.0 Å². The average Bonchev–Trinajstić information content (AvgIpc) is 2.75. The second-order valence-corrected chi connectivity index (χ2v) is 5.39.